The van der Waals surface area contributed by atoms with E-state index in [1.54, 1.807) is 37.4 Å². The molecular weight excluding hydrogens is 530 g/mol. The molecule has 0 fully saturated rings. The second-order valence-corrected chi connectivity index (χ2v) is 12.1. The van der Waals surface area contributed by atoms with Gasteiger partial charge in [0.05, 0.1) is 12.6 Å². The molecular formula is C31H29NO5S2. The lowest BCUT2D eigenvalue weighted by molar-refractivity contribution is 0.0478. The Hall–Kier alpha value is -3.88. The summed E-state index contributed by atoms with van der Waals surface area (Å²) in [7, 11) is 1.58. The summed E-state index contributed by atoms with van der Waals surface area (Å²) >= 11 is 2.74. The number of ether oxygens (including phenoxy) is 3. The molecule has 0 bridgehead atoms. The maximum absolute atomic E-state index is 12.9. The molecule has 4 aromatic rings. The van der Waals surface area contributed by atoms with Gasteiger partial charge in [0, 0.05) is 33.3 Å². The van der Waals surface area contributed by atoms with Crippen LogP contribution in [0.4, 0.5) is 5.69 Å². The van der Waals surface area contributed by atoms with Crippen molar-refractivity contribution in [2.75, 3.05) is 12.4 Å². The van der Waals surface area contributed by atoms with Gasteiger partial charge < -0.3 is 19.5 Å². The van der Waals surface area contributed by atoms with Gasteiger partial charge in [-0.25, -0.2) is 9.59 Å². The van der Waals surface area contributed by atoms with E-state index < -0.39 is 5.97 Å². The van der Waals surface area contributed by atoms with Crippen LogP contribution < -0.4 is 14.8 Å². The highest BCUT2D eigenvalue weighted by atomic mass is 32.1. The first kappa shape index (κ1) is 26.7. The molecule has 6 nitrogen and oxygen atoms in total. The standard InChI is InChI=1S/C31H29NO5S2/c1-18-16-31(3,4)32-24-12-11-21(23(28(18)24)17-36-29(33)27-13-8-19(2)39-27)22-10-9-20(15-25(22)35-5)37-30(34)26-7-6-14-38-26/h6-16,32H,17H2,1-5H3. The second-order valence-electron chi connectivity index (χ2n) is 9.90. The van der Waals surface area contributed by atoms with Crippen LogP contribution >= 0.6 is 22.7 Å². The fourth-order valence-electron chi connectivity index (χ4n) is 4.86. The Labute approximate surface area is 235 Å². The minimum absolute atomic E-state index is 0.0832. The summed E-state index contributed by atoms with van der Waals surface area (Å²) in [6, 6.07) is 16.6. The van der Waals surface area contributed by atoms with Crippen LogP contribution in [0.2, 0.25) is 0 Å². The molecule has 0 saturated heterocycles. The molecule has 0 saturated carbocycles. The number of carbonyl (C=O) groups excluding carboxylic acids is 2. The zero-order valence-electron chi connectivity index (χ0n) is 22.4. The van der Waals surface area contributed by atoms with Crippen LogP contribution in [-0.4, -0.2) is 24.6 Å². The first-order valence-corrected chi connectivity index (χ1v) is 14.2. The molecule has 8 heteroatoms. The number of aryl methyl sites for hydroxylation is 1. The van der Waals surface area contributed by atoms with Gasteiger partial charge in [0.15, 0.2) is 0 Å². The molecule has 1 aliphatic rings. The summed E-state index contributed by atoms with van der Waals surface area (Å²) in [5, 5.41) is 5.41. The van der Waals surface area contributed by atoms with Crippen LogP contribution in [0.15, 0.2) is 66.1 Å². The summed E-state index contributed by atoms with van der Waals surface area (Å²) < 4.78 is 17.2. The Morgan fingerprint density at radius 1 is 0.949 bits per heavy atom. The largest absolute Gasteiger partial charge is 0.496 e. The van der Waals surface area contributed by atoms with E-state index in [2.05, 4.69) is 32.2 Å². The number of benzene rings is 2. The van der Waals surface area contributed by atoms with E-state index in [9.17, 15) is 9.59 Å². The molecule has 2 aromatic heterocycles. The first-order chi connectivity index (χ1) is 18.6. The van der Waals surface area contributed by atoms with Crippen molar-refractivity contribution < 1.29 is 23.8 Å². The average molecular weight is 560 g/mol. The van der Waals surface area contributed by atoms with E-state index in [1.807, 2.05) is 36.6 Å². The monoisotopic (exact) mass is 559 g/mol. The number of hydrogen-bond donors (Lipinski definition) is 1. The summed E-state index contributed by atoms with van der Waals surface area (Å²) in [5.74, 6) is 0.149. The van der Waals surface area contributed by atoms with E-state index in [0.717, 1.165) is 38.4 Å². The molecule has 3 heterocycles. The molecule has 39 heavy (non-hydrogen) atoms. The maximum Gasteiger partial charge on any atom is 0.353 e. The second kappa shape index (κ2) is 10.7. The number of methoxy groups -OCH3 is 1. The summed E-state index contributed by atoms with van der Waals surface area (Å²) in [6.45, 7) is 8.35. The summed E-state index contributed by atoms with van der Waals surface area (Å²) in [6.07, 6.45) is 2.18. The highest BCUT2D eigenvalue weighted by Crippen LogP contribution is 2.43. The number of carbonyl (C=O) groups is 2. The fraction of sp³-hybridized carbons (Fsp3) is 0.226. The van der Waals surface area contributed by atoms with E-state index in [0.29, 0.717) is 21.3 Å². The number of anilines is 1. The van der Waals surface area contributed by atoms with Crippen molar-refractivity contribution in [2.24, 2.45) is 0 Å². The van der Waals surface area contributed by atoms with Gasteiger partial charge in [-0.1, -0.05) is 18.2 Å². The van der Waals surface area contributed by atoms with Crippen LogP contribution in [0, 0.1) is 6.92 Å². The smallest absolute Gasteiger partial charge is 0.353 e. The number of allylic oxidation sites excluding steroid dienone is 1. The highest BCUT2D eigenvalue weighted by molar-refractivity contribution is 7.13. The van der Waals surface area contributed by atoms with Gasteiger partial charge in [0.2, 0.25) is 0 Å². The van der Waals surface area contributed by atoms with Crippen molar-refractivity contribution in [3.05, 3.63) is 91.8 Å². The molecule has 0 radical (unpaired) electrons. The SMILES string of the molecule is COc1cc(OC(=O)c2cccs2)ccc1-c1ccc2c(c1COC(=O)c1ccc(C)s1)C(C)=CC(C)(C)N2. The lowest BCUT2D eigenvalue weighted by Gasteiger charge is -2.33. The van der Waals surface area contributed by atoms with Crippen LogP contribution in [0.1, 0.15) is 56.1 Å². The maximum atomic E-state index is 12.9. The quantitative estimate of drug-likeness (QED) is 0.183. The minimum atomic E-state index is -0.417. The molecule has 1 aliphatic heterocycles. The lowest BCUT2D eigenvalue weighted by Crippen LogP contribution is -2.32. The van der Waals surface area contributed by atoms with E-state index in [1.165, 1.54) is 22.7 Å². The molecule has 1 N–H and O–H groups in total. The van der Waals surface area contributed by atoms with Crippen molar-refractivity contribution >= 4 is 45.9 Å². The van der Waals surface area contributed by atoms with Crippen molar-refractivity contribution in [1.29, 1.82) is 0 Å². The zero-order valence-corrected chi connectivity index (χ0v) is 24.0. The Bertz CT molecular complexity index is 1580. The summed E-state index contributed by atoms with van der Waals surface area (Å²) in [5.41, 5.74) is 5.38. The summed E-state index contributed by atoms with van der Waals surface area (Å²) in [4.78, 5) is 27.5. The Morgan fingerprint density at radius 3 is 2.44 bits per heavy atom. The van der Waals surface area contributed by atoms with E-state index in [-0.39, 0.29) is 18.1 Å². The molecule has 0 amide bonds. The van der Waals surface area contributed by atoms with Crippen LogP contribution in [-0.2, 0) is 11.3 Å². The molecule has 0 unspecified atom stereocenters. The predicted molar refractivity (Wildman–Crippen MR) is 157 cm³/mol. The fourth-order valence-corrected chi connectivity index (χ4v) is 6.22. The number of esters is 2. The van der Waals surface area contributed by atoms with E-state index in [4.69, 9.17) is 14.2 Å². The van der Waals surface area contributed by atoms with Crippen molar-refractivity contribution in [3.63, 3.8) is 0 Å². The van der Waals surface area contributed by atoms with Crippen molar-refractivity contribution in [2.45, 2.75) is 39.8 Å². The molecule has 0 atom stereocenters. The number of rotatable bonds is 7. The number of fused-ring (bicyclic) bond motifs is 1. The van der Waals surface area contributed by atoms with E-state index >= 15 is 0 Å². The van der Waals surface area contributed by atoms with Gasteiger partial charge in [-0.05, 0) is 80.6 Å². The van der Waals surface area contributed by atoms with Crippen LogP contribution in [0.3, 0.4) is 0 Å². The van der Waals surface area contributed by atoms with Gasteiger partial charge in [-0.15, -0.1) is 22.7 Å². The predicted octanol–water partition coefficient (Wildman–Crippen LogP) is 7.98. The van der Waals surface area contributed by atoms with Gasteiger partial charge in [0.25, 0.3) is 0 Å². The molecule has 200 valence electrons. The normalized spacial score (nSPS) is 13.6. The third kappa shape index (κ3) is 5.62. The van der Waals surface area contributed by atoms with Crippen LogP contribution in [0.5, 0.6) is 11.5 Å². The van der Waals surface area contributed by atoms with Crippen molar-refractivity contribution in [1.82, 2.24) is 0 Å². The Balaban J connectivity index is 1.54. The topological polar surface area (TPSA) is 73.9 Å². The van der Waals surface area contributed by atoms with Gasteiger partial charge in [0.1, 0.15) is 27.9 Å². The lowest BCUT2D eigenvalue weighted by atomic mass is 9.85. The molecule has 5 rings (SSSR count). The zero-order chi connectivity index (χ0) is 27.7. The van der Waals surface area contributed by atoms with Gasteiger partial charge in [-0.3, -0.25) is 0 Å². The number of hydrogen-bond acceptors (Lipinski definition) is 8. The number of nitrogens with one attached hydrogen (secondary N) is 1. The van der Waals surface area contributed by atoms with Gasteiger partial charge >= 0.3 is 11.9 Å². The Kier molecular flexibility index (Phi) is 7.34. The van der Waals surface area contributed by atoms with Gasteiger partial charge in [-0.2, -0.15) is 0 Å². The average Bonchev–Trinajstić information content (AvgIpc) is 3.58. The molecule has 0 spiro atoms. The molecule has 0 aliphatic carbocycles. The third-order valence-electron chi connectivity index (χ3n) is 6.43. The molecule has 2 aromatic carbocycles. The Morgan fingerprint density at radius 2 is 1.74 bits per heavy atom. The first-order valence-electron chi connectivity index (χ1n) is 12.5. The van der Waals surface area contributed by atoms with Crippen molar-refractivity contribution in [3.8, 4) is 22.6 Å². The minimum Gasteiger partial charge on any atom is -0.496 e. The van der Waals surface area contributed by atoms with Crippen LogP contribution in [0.25, 0.3) is 16.7 Å². The number of thiophene rings is 2. The highest BCUT2D eigenvalue weighted by Gasteiger charge is 2.27. The third-order valence-corrected chi connectivity index (χ3v) is 8.26.